The summed E-state index contributed by atoms with van der Waals surface area (Å²) in [6.07, 6.45) is 0. The zero-order valence-electron chi connectivity index (χ0n) is 10.4. The van der Waals surface area contributed by atoms with Crippen molar-refractivity contribution in [3.8, 4) is 0 Å². The van der Waals surface area contributed by atoms with Crippen LogP contribution in [0.15, 0.2) is 47.4 Å². The molecule has 0 saturated carbocycles. The van der Waals surface area contributed by atoms with Gasteiger partial charge in [-0.15, -0.1) is 5.69 Å². The Bertz CT molecular complexity index is 713. The van der Waals surface area contributed by atoms with Crippen LogP contribution in [0.25, 0.3) is 4.72 Å². The summed E-state index contributed by atoms with van der Waals surface area (Å²) in [5.41, 5.74) is 3.84. The summed E-state index contributed by atoms with van der Waals surface area (Å²) in [6.45, 7) is 0.266. The van der Waals surface area contributed by atoms with Crippen LogP contribution in [-0.4, -0.2) is 8.42 Å². The van der Waals surface area contributed by atoms with Gasteiger partial charge in [-0.25, -0.2) is 17.2 Å². The molecule has 0 bridgehead atoms. The molecule has 0 saturated heterocycles. The van der Waals surface area contributed by atoms with Gasteiger partial charge in [-0.2, -0.15) is 0 Å². The highest BCUT2D eigenvalue weighted by Gasteiger charge is 2.11. The fraction of sp³-hybridized carbons (Fsp3) is 0.0769. The van der Waals surface area contributed by atoms with Crippen molar-refractivity contribution in [2.24, 2.45) is 0 Å². The summed E-state index contributed by atoms with van der Waals surface area (Å²) in [4.78, 5) is -0.0142. The lowest BCUT2D eigenvalue weighted by Gasteiger charge is -2.23. The highest BCUT2D eigenvalue weighted by molar-refractivity contribution is 7.94. The van der Waals surface area contributed by atoms with E-state index >= 15 is 0 Å². The van der Waals surface area contributed by atoms with Crippen LogP contribution in [0.4, 0.5) is 14.5 Å². The van der Waals surface area contributed by atoms with Crippen LogP contribution in [-0.2, 0) is 16.6 Å². The van der Waals surface area contributed by atoms with Gasteiger partial charge in [0.15, 0.2) is 0 Å². The Hall–Kier alpha value is -1.99. The quantitative estimate of drug-likeness (QED) is 0.938. The molecule has 2 aromatic rings. The van der Waals surface area contributed by atoms with Gasteiger partial charge >= 0.3 is 0 Å². The average molecular weight is 298 g/mol. The molecule has 3 N–H and O–H groups in total. The molecule has 0 aromatic heterocycles. The van der Waals surface area contributed by atoms with Gasteiger partial charge in [0.25, 0.3) is 0 Å². The maximum Gasteiger partial charge on any atom is 0.124 e. The number of hydrogen-bond acceptors (Lipinski definition) is 2. The molecule has 0 amide bonds. The van der Waals surface area contributed by atoms with E-state index in [-0.39, 0.29) is 17.1 Å². The number of sulfonamides is 1. The molecule has 0 aliphatic rings. The van der Waals surface area contributed by atoms with Crippen molar-refractivity contribution in [2.75, 3.05) is 0 Å². The number of benzene rings is 2. The topological polar surface area (TPSA) is 75.9 Å². The van der Waals surface area contributed by atoms with Crippen LogP contribution >= 0.6 is 0 Å². The van der Waals surface area contributed by atoms with E-state index in [0.29, 0.717) is 11.6 Å². The zero-order valence-corrected chi connectivity index (χ0v) is 11.2. The summed E-state index contributed by atoms with van der Waals surface area (Å²) < 4.78 is 53.9. The first-order valence-corrected chi connectivity index (χ1v) is 7.17. The zero-order chi connectivity index (χ0) is 14.8. The first-order valence-electron chi connectivity index (χ1n) is 5.73. The molecule has 0 atom stereocenters. The van der Waals surface area contributed by atoms with Crippen LogP contribution in [0.3, 0.4) is 0 Å². The van der Waals surface area contributed by atoms with E-state index < -0.39 is 21.7 Å². The number of nitrogens with zero attached hydrogens (tertiary/aromatic N) is 1. The Kier molecular flexibility index (Phi) is 4.01. The summed E-state index contributed by atoms with van der Waals surface area (Å²) >= 11 is 0. The molecule has 4 nitrogen and oxygen atoms in total. The Morgan fingerprint density at radius 1 is 1.05 bits per heavy atom. The lowest BCUT2D eigenvalue weighted by Crippen LogP contribution is -2.47. The Morgan fingerprint density at radius 2 is 1.65 bits per heavy atom. The second-order valence-electron chi connectivity index (χ2n) is 4.05. The highest BCUT2D eigenvalue weighted by Crippen LogP contribution is 2.30. The van der Waals surface area contributed by atoms with Crippen molar-refractivity contribution in [3.05, 3.63) is 64.4 Å². The third-order valence-electron chi connectivity index (χ3n) is 2.59. The molecule has 0 unspecified atom stereocenters. The first kappa shape index (κ1) is 14.4. The summed E-state index contributed by atoms with van der Waals surface area (Å²) in [5.74, 6) is -1.77. The van der Waals surface area contributed by atoms with Crippen LogP contribution in [0.5, 0.6) is 0 Å². The number of halogens is 2. The van der Waals surface area contributed by atoms with Crippen LogP contribution < -0.4 is 5.73 Å². The first-order chi connectivity index (χ1) is 9.42. The molecule has 0 radical (unpaired) electrons. The van der Waals surface area contributed by atoms with Gasteiger partial charge in [-0.05, 0) is 18.2 Å². The van der Waals surface area contributed by atoms with Crippen molar-refractivity contribution in [1.82, 2.24) is 0 Å². The van der Waals surface area contributed by atoms with E-state index in [4.69, 9.17) is 0 Å². The molecule has 7 heteroatoms. The maximum atomic E-state index is 13.0. The molecule has 106 valence electrons. The smallest absolute Gasteiger partial charge is 0.124 e. The van der Waals surface area contributed by atoms with Crippen molar-refractivity contribution in [1.29, 1.82) is 0 Å². The van der Waals surface area contributed by atoms with E-state index in [1.165, 1.54) is 6.07 Å². The molecule has 0 aliphatic heterocycles. The van der Waals surface area contributed by atoms with Gasteiger partial charge in [0.2, 0.25) is 0 Å². The van der Waals surface area contributed by atoms with E-state index in [2.05, 4.69) is 10.5 Å². The molecule has 0 fully saturated rings. The molecule has 0 heterocycles. The van der Waals surface area contributed by atoms with E-state index in [1.54, 1.807) is 18.2 Å². The van der Waals surface area contributed by atoms with Crippen molar-refractivity contribution in [3.63, 3.8) is 0 Å². The van der Waals surface area contributed by atoms with E-state index in [1.807, 2.05) is 0 Å². The molecular weight excluding hydrogens is 286 g/mol. The van der Waals surface area contributed by atoms with E-state index in [9.17, 15) is 17.2 Å². The van der Waals surface area contributed by atoms with Gasteiger partial charge in [-0.1, -0.05) is 18.2 Å². The molecule has 0 spiro atoms. The van der Waals surface area contributed by atoms with Crippen molar-refractivity contribution >= 4 is 15.7 Å². The molecule has 2 rings (SSSR count). The molecule has 0 aliphatic carbocycles. The van der Waals surface area contributed by atoms with Crippen LogP contribution in [0.1, 0.15) is 5.56 Å². The standard InChI is InChI=1S/C13H11F2N2O2S/c14-10-5-11(15)7-12(6-10)17-20(18,19)13-4-2-1-3-9(13)8-16/h1-7H,8,16H2/q-1/p+1. The van der Waals surface area contributed by atoms with Gasteiger partial charge in [0, 0.05) is 11.6 Å². The normalized spacial score (nSPS) is 11.3. The Morgan fingerprint density at radius 3 is 2.25 bits per heavy atom. The van der Waals surface area contributed by atoms with Crippen LogP contribution in [0.2, 0.25) is 0 Å². The largest absolute Gasteiger partial charge is 0.573 e. The number of rotatable bonds is 4. The fourth-order valence-corrected chi connectivity index (χ4v) is 2.98. The van der Waals surface area contributed by atoms with Gasteiger partial charge in [0.05, 0.1) is 4.90 Å². The minimum absolute atomic E-state index is 0.0142. The lowest BCUT2D eigenvalue weighted by molar-refractivity contribution is -0.387. The monoisotopic (exact) mass is 298 g/mol. The highest BCUT2D eigenvalue weighted by atomic mass is 32.2. The van der Waals surface area contributed by atoms with Gasteiger partial charge < -0.3 is 10.5 Å². The molecular formula is C13H12F2N2O2S. The van der Waals surface area contributed by atoms with E-state index in [0.717, 1.165) is 12.1 Å². The third kappa shape index (κ3) is 3.12. The minimum atomic E-state index is -4.04. The Labute approximate surface area is 115 Å². The SMILES string of the molecule is [NH3+]Cc1ccccc1S(=O)(=O)[N-]c1cc(F)cc(F)c1. The summed E-state index contributed by atoms with van der Waals surface area (Å²) in [7, 11) is -4.04. The molecule has 2 aromatic carbocycles. The predicted octanol–water partition coefficient (Wildman–Crippen LogP) is 2.10. The third-order valence-corrected chi connectivity index (χ3v) is 4.00. The lowest BCUT2D eigenvalue weighted by atomic mass is 10.2. The predicted molar refractivity (Wildman–Crippen MR) is 69.6 cm³/mol. The Balaban J connectivity index is 2.41. The summed E-state index contributed by atoms with van der Waals surface area (Å²) in [6, 6.07) is 8.59. The number of quaternary nitrogens is 1. The van der Waals surface area contributed by atoms with Crippen molar-refractivity contribution < 1.29 is 22.9 Å². The minimum Gasteiger partial charge on any atom is -0.573 e. The average Bonchev–Trinajstić information content (AvgIpc) is 2.36. The maximum absolute atomic E-state index is 13.0. The molecule has 20 heavy (non-hydrogen) atoms. The second kappa shape index (κ2) is 5.56. The van der Waals surface area contributed by atoms with Crippen molar-refractivity contribution in [2.45, 2.75) is 11.4 Å². The van der Waals surface area contributed by atoms with Crippen LogP contribution in [0, 0.1) is 11.6 Å². The fourth-order valence-electron chi connectivity index (χ4n) is 1.74. The van der Waals surface area contributed by atoms with Gasteiger partial charge in [0.1, 0.15) is 28.2 Å². The summed E-state index contributed by atoms with van der Waals surface area (Å²) in [5, 5.41) is 0. The second-order valence-corrected chi connectivity index (χ2v) is 5.62. The number of hydrogen-bond donors (Lipinski definition) is 1. The van der Waals surface area contributed by atoms with Gasteiger partial charge in [-0.3, -0.25) is 0 Å².